The smallest absolute Gasteiger partial charge is 0.181 e. The van der Waals surface area contributed by atoms with Gasteiger partial charge in [-0.25, -0.2) is 8.42 Å². The molecule has 120 valence electrons. The zero-order valence-corrected chi connectivity index (χ0v) is 13.9. The Morgan fingerprint density at radius 3 is 2.52 bits per heavy atom. The maximum Gasteiger partial charge on any atom is 0.181 e. The molecule has 1 heterocycles. The van der Waals surface area contributed by atoms with E-state index in [0.717, 1.165) is 5.56 Å². The predicted octanol–water partition coefficient (Wildman–Crippen LogP) is 2.90. The number of ether oxygens (including phenoxy) is 1. The fraction of sp³-hybridized carbons (Fsp3) is 0.278. The van der Waals surface area contributed by atoms with Crippen molar-refractivity contribution in [2.75, 3.05) is 12.9 Å². The molecule has 0 aromatic heterocycles. The van der Waals surface area contributed by atoms with Crippen molar-refractivity contribution in [2.24, 2.45) is 0 Å². The summed E-state index contributed by atoms with van der Waals surface area (Å²) in [6, 6.07) is 12.5. The molecular weight excluding hydrogens is 312 g/mol. The van der Waals surface area contributed by atoms with Crippen molar-refractivity contribution in [1.82, 2.24) is 0 Å². The molecule has 1 aliphatic rings. The molecule has 0 spiro atoms. The molecule has 0 saturated heterocycles. The number of rotatable bonds is 4. The van der Waals surface area contributed by atoms with Crippen molar-refractivity contribution in [3.05, 3.63) is 64.7 Å². The van der Waals surface area contributed by atoms with Crippen LogP contribution in [0.15, 0.2) is 47.4 Å². The Morgan fingerprint density at radius 2 is 1.87 bits per heavy atom. The summed E-state index contributed by atoms with van der Waals surface area (Å²) < 4.78 is 29.6. The third-order valence-corrected chi connectivity index (χ3v) is 5.92. The van der Waals surface area contributed by atoms with Crippen LogP contribution in [-0.4, -0.2) is 27.1 Å². The van der Waals surface area contributed by atoms with Gasteiger partial charge in [0.1, 0.15) is 0 Å². The van der Waals surface area contributed by atoms with Crippen LogP contribution >= 0.6 is 0 Å². The van der Waals surface area contributed by atoms with Crippen molar-refractivity contribution in [3.8, 4) is 0 Å². The number of aryl methyl sites for hydroxylation is 1. The first kappa shape index (κ1) is 15.9. The minimum atomic E-state index is -3.33. The number of benzene rings is 2. The highest BCUT2D eigenvalue weighted by molar-refractivity contribution is 7.91. The molecule has 4 nitrogen and oxygen atoms in total. The highest BCUT2D eigenvalue weighted by Gasteiger charge is 2.35. The lowest BCUT2D eigenvalue weighted by Crippen LogP contribution is -2.05. The molecule has 1 unspecified atom stereocenters. The second-order valence-electron chi connectivity index (χ2n) is 5.84. The number of carbonyl (C=O) groups is 1. The number of methoxy groups -OCH3 is 1. The fourth-order valence-electron chi connectivity index (χ4n) is 2.82. The third-order valence-electron chi connectivity index (χ3n) is 4.15. The first-order valence-corrected chi connectivity index (χ1v) is 9.04. The topological polar surface area (TPSA) is 60.4 Å². The Labute approximate surface area is 136 Å². The van der Waals surface area contributed by atoms with E-state index in [0.29, 0.717) is 21.6 Å². The van der Waals surface area contributed by atoms with Crippen LogP contribution in [0.3, 0.4) is 0 Å². The van der Waals surface area contributed by atoms with E-state index in [-0.39, 0.29) is 18.0 Å². The zero-order chi connectivity index (χ0) is 16.6. The number of hydrogen-bond donors (Lipinski definition) is 0. The van der Waals surface area contributed by atoms with Crippen LogP contribution in [0.4, 0.5) is 0 Å². The monoisotopic (exact) mass is 330 g/mol. The van der Waals surface area contributed by atoms with Gasteiger partial charge in [-0.3, -0.25) is 4.79 Å². The van der Waals surface area contributed by atoms with E-state index in [1.807, 2.05) is 19.1 Å². The number of hydrogen-bond acceptors (Lipinski definition) is 4. The highest BCUT2D eigenvalue weighted by atomic mass is 32.2. The zero-order valence-electron chi connectivity index (χ0n) is 13.1. The molecule has 0 amide bonds. The minimum Gasteiger partial charge on any atom is -0.376 e. The standard InChI is InChI=1S/C18H18O4S/c1-12-3-6-14(7-4-12)16(19)9-13-5-8-15-17(22-2)11-23(20,21)18(15)10-13/h3-8,10,17H,9,11H2,1-2H3. The third kappa shape index (κ3) is 3.07. The first-order valence-electron chi connectivity index (χ1n) is 7.39. The second kappa shape index (κ2) is 5.91. The van der Waals surface area contributed by atoms with Crippen LogP contribution in [0.1, 0.15) is 33.2 Å². The van der Waals surface area contributed by atoms with Crippen LogP contribution in [0.5, 0.6) is 0 Å². The molecule has 5 heteroatoms. The van der Waals surface area contributed by atoms with Crippen LogP contribution in [0.25, 0.3) is 0 Å². The summed E-state index contributed by atoms with van der Waals surface area (Å²) in [6.07, 6.45) is -0.236. The molecule has 2 aromatic carbocycles. The molecule has 0 radical (unpaired) electrons. The quantitative estimate of drug-likeness (QED) is 0.809. The van der Waals surface area contributed by atoms with Gasteiger partial charge in [-0.05, 0) is 18.6 Å². The lowest BCUT2D eigenvalue weighted by molar-refractivity contribution is 0.0993. The van der Waals surface area contributed by atoms with E-state index >= 15 is 0 Å². The predicted molar refractivity (Wildman–Crippen MR) is 87.5 cm³/mol. The molecule has 1 atom stereocenters. The lowest BCUT2D eigenvalue weighted by atomic mass is 10.0. The Balaban J connectivity index is 1.88. The number of Topliss-reactive ketones (excluding diaryl/α,β-unsaturated/α-hetero) is 1. The van der Waals surface area contributed by atoms with E-state index in [1.54, 1.807) is 30.3 Å². The molecule has 0 N–H and O–H groups in total. The van der Waals surface area contributed by atoms with Crippen LogP contribution < -0.4 is 0 Å². The Hall–Kier alpha value is -1.98. The molecule has 0 saturated carbocycles. The maximum atomic E-state index is 12.3. The molecule has 0 aliphatic carbocycles. The van der Waals surface area contributed by atoms with Crippen LogP contribution in [0, 0.1) is 6.92 Å². The van der Waals surface area contributed by atoms with Gasteiger partial charge in [-0.2, -0.15) is 0 Å². The maximum absolute atomic E-state index is 12.3. The van der Waals surface area contributed by atoms with Gasteiger partial charge in [-0.1, -0.05) is 42.0 Å². The van der Waals surface area contributed by atoms with Crippen molar-refractivity contribution in [3.63, 3.8) is 0 Å². The number of carbonyl (C=O) groups excluding carboxylic acids is 1. The molecule has 2 aromatic rings. The van der Waals surface area contributed by atoms with Gasteiger partial charge in [0.25, 0.3) is 0 Å². The van der Waals surface area contributed by atoms with Crippen molar-refractivity contribution < 1.29 is 17.9 Å². The second-order valence-corrected chi connectivity index (χ2v) is 7.85. The Bertz CT molecular complexity index is 851. The average Bonchev–Trinajstić information content (AvgIpc) is 2.78. The van der Waals surface area contributed by atoms with Gasteiger partial charge in [-0.15, -0.1) is 0 Å². The van der Waals surface area contributed by atoms with Gasteiger partial charge in [0.15, 0.2) is 15.6 Å². The highest BCUT2D eigenvalue weighted by Crippen LogP contribution is 2.36. The molecule has 1 aliphatic heterocycles. The van der Waals surface area contributed by atoms with Crippen LogP contribution in [-0.2, 0) is 21.0 Å². The van der Waals surface area contributed by atoms with Gasteiger partial charge in [0.2, 0.25) is 0 Å². The Morgan fingerprint density at radius 1 is 1.17 bits per heavy atom. The van der Waals surface area contributed by atoms with Crippen molar-refractivity contribution in [1.29, 1.82) is 0 Å². The number of sulfone groups is 1. The van der Waals surface area contributed by atoms with Gasteiger partial charge in [0.05, 0.1) is 16.8 Å². The van der Waals surface area contributed by atoms with E-state index in [1.165, 1.54) is 7.11 Å². The SMILES string of the molecule is COC1CS(=O)(=O)c2cc(CC(=O)c3ccc(C)cc3)ccc21. The number of ketones is 1. The molecule has 23 heavy (non-hydrogen) atoms. The van der Waals surface area contributed by atoms with Gasteiger partial charge < -0.3 is 4.74 Å². The Kier molecular flexibility index (Phi) is 4.08. The summed E-state index contributed by atoms with van der Waals surface area (Å²) in [5.41, 5.74) is 3.11. The largest absolute Gasteiger partial charge is 0.376 e. The average molecular weight is 330 g/mol. The lowest BCUT2D eigenvalue weighted by Gasteiger charge is -2.08. The molecule has 3 rings (SSSR count). The number of fused-ring (bicyclic) bond motifs is 1. The summed E-state index contributed by atoms with van der Waals surface area (Å²) in [5.74, 6) is -0.0579. The van der Waals surface area contributed by atoms with Crippen molar-refractivity contribution in [2.45, 2.75) is 24.3 Å². The normalized spacial score (nSPS) is 18.6. The first-order chi connectivity index (χ1) is 10.9. The summed E-state index contributed by atoms with van der Waals surface area (Å²) in [6.45, 7) is 1.96. The minimum absolute atomic E-state index is 0.0244. The molecule has 0 fully saturated rings. The summed E-state index contributed by atoms with van der Waals surface area (Å²) >= 11 is 0. The summed E-state index contributed by atoms with van der Waals surface area (Å²) in [4.78, 5) is 12.6. The van der Waals surface area contributed by atoms with E-state index < -0.39 is 15.9 Å². The van der Waals surface area contributed by atoms with Crippen molar-refractivity contribution >= 4 is 15.6 Å². The van der Waals surface area contributed by atoms with Gasteiger partial charge in [0, 0.05) is 24.7 Å². The van der Waals surface area contributed by atoms with Gasteiger partial charge >= 0.3 is 0 Å². The van der Waals surface area contributed by atoms with Crippen LogP contribution in [0.2, 0.25) is 0 Å². The molecular formula is C18H18O4S. The molecule has 0 bridgehead atoms. The van der Waals surface area contributed by atoms with E-state index in [4.69, 9.17) is 4.74 Å². The fourth-order valence-corrected chi connectivity index (χ4v) is 4.61. The summed E-state index contributed by atoms with van der Waals surface area (Å²) in [5, 5.41) is 0. The summed E-state index contributed by atoms with van der Waals surface area (Å²) in [7, 11) is -1.83. The van der Waals surface area contributed by atoms with E-state index in [9.17, 15) is 13.2 Å². The van der Waals surface area contributed by atoms with E-state index in [2.05, 4.69) is 0 Å².